The second-order valence-electron chi connectivity index (χ2n) is 7.07. The van der Waals surface area contributed by atoms with Crippen molar-refractivity contribution in [2.75, 3.05) is 13.3 Å². The van der Waals surface area contributed by atoms with Gasteiger partial charge in [-0.2, -0.15) is 0 Å². The molecule has 26 heavy (non-hydrogen) atoms. The zero-order valence-electron chi connectivity index (χ0n) is 15.3. The molecule has 1 heteroatoms. The van der Waals surface area contributed by atoms with E-state index in [1.54, 1.807) is 0 Å². The summed E-state index contributed by atoms with van der Waals surface area (Å²) < 4.78 is 0. The highest BCUT2D eigenvalue weighted by molar-refractivity contribution is 7.85. The van der Waals surface area contributed by atoms with Crippen molar-refractivity contribution in [3.63, 3.8) is 0 Å². The van der Waals surface area contributed by atoms with Gasteiger partial charge in [-0.25, -0.2) is 0 Å². The molecule has 0 unspecified atom stereocenters. The van der Waals surface area contributed by atoms with Gasteiger partial charge in [-0.3, -0.25) is 0 Å². The molecule has 3 aromatic carbocycles. The van der Waals surface area contributed by atoms with Gasteiger partial charge in [-0.05, 0) is 58.4 Å². The van der Waals surface area contributed by atoms with E-state index in [4.69, 9.17) is 0 Å². The minimum absolute atomic E-state index is 1.27. The van der Waals surface area contributed by atoms with Crippen LogP contribution in [0.5, 0.6) is 0 Å². The Kier molecular flexibility index (Phi) is 4.53. The number of hydrogen-bond acceptors (Lipinski definition) is 0. The molecule has 0 fully saturated rings. The summed E-state index contributed by atoms with van der Waals surface area (Å²) in [6.45, 7) is 3.42. The molecule has 0 spiro atoms. The lowest BCUT2D eigenvalue weighted by molar-refractivity contribution is 1.60. The second kappa shape index (κ2) is 6.98. The number of hydrogen-bond donors (Lipinski definition) is 0. The van der Waals surface area contributed by atoms with Crippen molar-refractivity contribution in [2.24, 2.45) is 0 Å². The molecule has 0 N–H and O–H groups in total. The standard InChI is InChI=1S/C25H23P/c1-26(2)24(21-14-8-4-9-15-21)18-23(20-12-6-3-7-13-20)19-25(26)22-16-10-5-11-17-22/h3-19H,1-2H3. The van der Waals surface area contributed by atoms with E-state index in [1.807, 2.05) is 0 Å². The minimum Gasteiger partial charge on any atom is -0.0745 e. The SMILES string of the molecule is CP1(C)=C(c2ccccc2)C=C(c2ccccc2)C=C1c1ccccc1. The Morgan fingerprint density at radius 3 is 1.50 bits per heavy atom. The lowest BCUT2D eigenvalue weighted by Gasteiger charge is -2.29. The summed E-state index contributed by atoms with van der Waals surface area (Å²) in [6.07, 6.45) is 4.82. The summed E-state index contributed by atoms with van der Waals surface area (Å²) >= 11 is 0. The summed E-state index contributed by atoms with van der Waals surface area (Å²) in [5, 5.41) is 2.94. The van der Waals surface area contributed by atoms with Crippen molar-refractivity contribution in [3.8, 4) is 0 Å². The Labute approximate surface area is 156 Å². The summed E-state index contributed by atoms with van der Waals surface area (Å²) in [6, 6.07) is 32.4. The van der Waals surface area contributed by atoms with E-state index >= 15 is 0 Å². The Hall–Kier alpha value is -2.56. The second-order valence-corrected chi connectivity index (χ2v) is 10.9. The first-order chi connectivity index (χ1) is 12.7. The maximum absolute atomic E-state index is 2.44. The van der Waals surface area contributed by atoms with Gasteiger partial charge in [0.25, 0.3) is 0 Å². The van der Waals surface area contributed by atoms with E-state index in [2.05, 4.69) is 116 Å². The Balaban J connectivity index is 1.99. The molecule has 1 heterocycles. The molecular formula is C25H23P. The summed E-state index contributed by atoms with van der Waals surface area (Å²) in [5.41, 5.74) is 5.23. The quantitative estimate of drug-likeness (QED) is 0.464. The Bertz CT molecular complexity index is 1010. The molecule has 0 aromatic heterocycles. The molecule has 1 aliphatic rings. The topological polar surface area (TPSA) is 0 Å². The van der Waals surface area contributed by atoms with Gasteiger partial charge < -0.3 is 0 Å². The molecule has 0 bridgehead atoms. The van der Waals surface area contributed by atoms with Gasteiger partial charge in [0.1, 0.15) is 0 Å². The Morgan fingerprint density at radius 1 is 0.500 bits per heavy atom. The summed E-state index contributed by atoms with van der Waals surface area (Å²) in [4.78, 5) is 0. The largest absolute Gasteiger partial charge is 0.0745 e. The van der Waals surface area contributed by atoms with Crippen molar-refractivity contribution in [1.82, 2.24) is 0 Å². The van der Waals surface area contributed by atoms with Crippen LogP contribution >= 0.6 is 6.89 Å². The highest BCUT2D eigenvalue weighted by Gasteiger charge is 2.23. The van der Waals surface area contributed by atoms with Crippen LogP contribution in [0, 0.1) is 0 Å². The van der Waals surface area contributed by atoms with Crippen molar-refractivity contribution >= 4 is 23.1 Å². The fourth-order valence-corrected chi connectivity index (χ4v) is 6.39. The van der Waals surface area contributed by atoms with Gasteiger partial charge in [0.05, 0.1) is 0 Å². The van der Waals surface area contributed by atoms with Gasteiger partial charge >= 0.3 is 0 Å². The molecule has 0 amide bonds. The van der Waals surface area contributed by atoms with Crippen molar-refractivity contribution in [1.29, 1.82) is 0 Å². The van der Waals surface area contributed by atoms with Gasteiger partial charge in [0, 0.05) is 0 Å². The van der Waals surface area contributed by atoms with Crippen LogP contribution in [-0.4, -0.2) is 18.6 Å². The van der Waals surface area contributed by atoms with Gasteiger partial charge in [0.2, 0.25) is 0 Å². The predicted octanol–water partition coefficient (Wildman–Crippen LogP) is 6.62. The van der Waals surface area contributed by atoms with Crippen molar-refractivity contribution in [2.45, 2.75) is 0 Å². The highest BCUT2D eigenvalue weighted by atomic mass is 31.2. The molecule has 1 aliphatic heterocycles. The van der Waals surface area contributed by atoms with E-state index in [-0.39, 0.29) is 0 Å². The van der Waals surface area contributed by atoms with Crippen LogP contribution in [0.4, 0.5) is 0 Å². The predicted molar refractivity (Wildman–Crippen MR) is 118 cm³/mol. The highest BCUT2D eigenvalue weighted by Crippen LogP contribution is 2.59. The van der Waals surface area contributed by atoms with Gasteiger partial charge in [-0.1, -0.05) is 97.9 Å². The third kappa shape index (κ3) is 3.14. The molecule has 0 saturated carbocycles. The van der Waals surface area contributed by atoms with Crippen molar-refractivity contribution < 1.29 is 0 Å². The lowest BCUT2D eigenvalue weighted by Crippen LogP contribution is -2.07. The molecule has 0 atom stereocenters. The van der Waals surface area contributed by atoms with Crippen LogP contribution in [-0.2, 0) is 0 Å². The normalized spacial score (nSPS) is 16.0. The molecule has 0 radical (unpaired) electrons. The van der Waals surface area contributed by atoms with Crippen LogP contribution in [0.3, 0.4) is 0 Å². The molecule has 128 valence electrons. The van der Waals surface area contributed by atoms with Crippen LogP contribution in [0.25, 0.3) is 10.9 Å². The lowest BCUT2D eigenvalue weighted by atomic mass is 10.0. The van der Waals surface area contributed by atoms with Gasteiger partial charge in [0.15, 0.2) is 0 Å². The van der Waals surface area contributed by atoms with E-state index in [9.17, 15) is 0 Å². The van der Waals surface area contributed by atoms with Crippen LogP contribution in [0.1, 0.15) is 16.7 Å². The zero-order chi connectivity index (χ0) is 18.0. The van der Waals surface area contributed by atoms with E-state index in [1.165, 1.54) is 32.9 Å². The molecule has 3 aromatic rings. The number of allylic oxidation sites excluding steroid dienone is 3. The molecular weight excluding hydrogens is 331 g/mol. The maximum Gasteiger partial charge on any atom is -0.0165 e. The van der Waals surface area contributed by atoms with E-state index < -0.39 is 6.89 Å². The van der Waals surface area contributed by atoms with E-state index in [0.29, 0.717) is 0 Å². The zero-order valence-corrected chi connectivity index (χ0v) is 16.2. The first-order valence-corrected chi connectivity index (χ1v) is 11.7. The third-order valence-electron chi connectivity index (χ3n) is 5.04. The first kappa shape index (κ1) is 16.9. The van der Waals surface area contributed by atoms with E-state index in [0.717, 1.165) is 0 Å². The molecule has 4 rings (SSSR count). The summed E-state index contributed by atoms with van der Waals surface area (Å²) in [5.74, 6) is 0. The summed E-state index contributed by atoms with van der Waals surface area (Å²) in [7, 11) is 0. The van der Waals surface area contributed by atoms with Crippen molar-refractivity contribution in [3.05, 3.63) is 120 Å². The molecule has 0 nitrogen and oxygen atoms in total. The average molecular weight is 354 g/mol. The minimum atomic E-state index is -1.46. The van der Waals surface area contributed by atoms with Crippen LogP contribution in [0.15, 0.2) is 103 Å². The maximum atomic E-state index is 2.44. The average Bonchev–Trinajstić information content (AvgIpc) is 2.69. The Morgan fingerprint density at radius 2 is 0.962 bits per heavy atom. The molecule has 0 aliphatic carbocycles. The fourth-order valence-electron chi connectivity index (χ4n) is 3.62. The van der Waals surface area contributed by atoms with Crippen LogP contribution < -0.4 is 0 Å². The third-order valence-corrected chi connectivity index (χ3v) is 8.22. The number of rotatable bonds is 3. The molecule has 0 saturated heterocycles. The van der Waals surface area contributed by atoms with Crippen LogP contribution in [0.2, 0.25) is 0 Å². The number of benzene rings is 3. The monoisotopic (exact) mass is 354 g/mol. The van der Waals surface area contributed by atoms with Gasteiger partial charge in [-0.15, -0.1) is 0 Å². The smallest absolute Gasteiger partial charge is 0.0165 e. The first-order valence-electron chi connectivity index (χ1n) is 8.98. The fraction of sp³-hybridized carbons (Fsp3) is 0.0800.